The number of hydrogen-bond donors (Lipinski definition) is 3. The van der Waals surface area contributed by atoms with Gasteiger partial charge in [-0.3, -0.25) is 4.79 Å². The summed E-state index contributed by atoms with van der Waals surface area (Å²) in [5.74, 6) is -0.0491. The van der Waals surface area contributed by atoms with Crippen molar-refractivity contribution in [3.8, 4) is 0 Å². The Kier molecular flexibility index (Phi) is 4.07. The molecule has 2 rings (SSSR count). The minimum Gasteiger partial charge on any atom is -0.398 e. The van der Waals surface area contributed by atoms with Gasteiger partial charge in [0.05, 0.1) is 12.1 Å². The average Bonchev–Trinajstić information content (AvgIpc) is 2.39. The first-order valence-corrected chi connectivity index (χ1v) is 6.44. The van der Waals surface area contributed by atoms with Gasteiger partial charge in [0.1, 0.15) is 0 Å². The summed E-state index contributed by atoms with van der Waals surface area (Å²) in [5.41, 5.74) is 7.30. The molecule has 1 heterocycles. The fourth-order valence-electron chi connectivity index (χ4n) is 2.35. The standard InChI is InChI=1S/C14H20N2O3/c1-10(18)12-3-2-11(8-13(12)15)16-14(9-17)4-6-19-7-5-14/h2-3,8,16-17H,4-7,9,15H2,1H3. The Morgan fingerprint density at radius 3 is 2.68 bits per heavy atom. The van der Waals surface area contributed by atoms with E-state index in [-0.39, 0.29) is 17.9 Å². The van der Waals surface area contributed by atoms with E-state index in [4.69, 9.17) is 10.5 Å². The molecular weight excluding hydrogens is 244 g/mol. The van der Waals surface area contributed by atoms with Gasteiger partial charge in [0, 0.05) is 30.2 Å². The summed E-state index contributed by atoms with van der Waals surface area (Å²) >= 11 is 0. The first-order chi connectivity index (χ1) is 9.06. The quantitative estimate of drug-likeness (QED) is 0.566. The molecule has 0 aromatic heterocycles. The molecule has 0 saturated carbocycles. The molecule has 4 N–H and O–H groups in total. The second kappa shape index (κ2) is 5.59. The van der Waals surface area contributed by atoms with Gasteiger partial charge < -0.3 is 20.9 Å². The van der Waals surface area contributed by atoms with E-state index in [9.17, 15) is 9.90 Å². The minimum absolute atomic E-state index is 0.0464. The number of benzene rings is 1. The number of ether oxygens (including phenoxy) is 1. The van der Waals surface area contributed by atoms with Crippen molar-refractivity contribution in [1.29, 1.82) is 0 Å². The molecule has 104 valence electrons. The molecule has 0 unspecified atom stereocenters. The van der Waals surface area contributed by atoms with Gasteiger partial charge in [-0.2, -0.15) is 0 Å². The van der Waals surface area contributed by atoms with Crippen molar-refractivity contribution in [1.82, 2.24) is 0 Å². The number of anilines is 2. The third-order valence-electron chi connectivity index (χ3n) is 3.59. The first kappa shape index (κ1) is 13.8. The molecule has 0 amide bonds. The van der Waals surface area contributed by atoms with Crippen LogP contribution in [0.25, 0.3) is 0 Å². The highest BCUT2D eigenvalue weighted by molar-refractivity contribution is 5.99. The van der Waals surface area contributed by atoms with Gasteiger partial charge in [0.15, 0.2) is 5.78 Å². The number of aliphatic hydroxyl groups is 1. The van der Waals surface area contributed by atoms with Crippen LogP contribution < -0.4 is 11.1 Å². The molecule has 1 aliphatic rings. The van der Waals surface area contributed by atoms with Crippen molar-refractivity contribution >= 4 is 17.2 Å². The number of ketones is 1. The fourth-order valence-corrected chi connectivity index (χ4v) is 2.35. The summed E-state index contributed by atoms with van der Waals surface area (Å²) in [6, 6.07) is 5.27. The third-order valence-corrected chi connectivity index (χ3v) is 3.59. The van der Waals surface area contributed by atoms with Crippen molar-refractivity contribution in [2.75, 3.05) is 30.9 Å². The van der Waals surface area contributed by atoms with Crippen LogP contribution in [0.5, 0.6) is 0 Å². The Hall–Kier alpha value is -1.59. The number of carbonyl (C=O) groups excluding carboxylic acids is 1. The number of hydrogen-bond acceptors (Lipinski definition) is 5. The van der Waals surface area contributed by atoms with Crippen LogP contribution in [0.4, 0.5) is 11.4 Å². The van der Waals surface area contributed by atoms with Crippen molar-refractivity contribution < 1.29 is 14.6 Å². The summed E-state index contributed by atoms with van der Waals surface area (Å²) in [6.07, 6.45) is 1.50. The van der Waals surface area contributed by atoms with Gasteiger partial charge in [-0.05, 0) is 38.0 Å². The van der Waals surface area contributed by atoms with Crippen LogP contribution in [0, 0.1) is 0 Å². The Labute approximate surface area is 112 Å². The second-order valence-electron chi connectivity index (χ2n) is 5.03. The molecule has 0 radical (unpaired) electrons. The highest BCUT2D eigenvalue weighted by Crippen LogP contribution is 2.27. The van der Waals surface area contributed by atoms with Crippen LogP contribution in [0.2, 0.25) is 0 Å². The number of nitrogens with one attached hydrogen (secondary N) is 1. The lowest BCUT2D eigenvalue weighted by Gasteiger charge is -2.37. The van der Waals surface area contributed by atoms with Crippen LogP contribution >= 0.6 is 0 Å². The van der Waals surface area contributed by atoms with Crippen molar-refractivity contribution in [3.63, 3.8) is 0 Å². The van der Waals surface area contributed by atoms with Gasteiger partial charge in [0.25, 0.3) is 0 Å². The fraction of sp³-hybridized carbons (Fsp3) is 0.500. The van der Waals surface area contributed by atoms with Gasteiger partial charge >= 0.3 is 0 Å². The van der Waals surface area contributed by atoms with Gasteiger partial charge in [0.2, 0.25) is 0 Å². The van der Waals surface area contributed by atoms with Gasteiger partial charge in [-0.25, -0.2) is 0 Å². The van der Waals surface area contributed by atoms with E-state index in [0.717, 1.165) is 18.5 Å². The van der Waals surface area contributed by atoms with Crippen LogP contribution in [0.15, 0.2) is 18.2 Å². The third kappa shape index (κ3) is 3.05. The van der Waals surface area contributed by atoms with E-state index < -0.39 is 0 Å². The van der Waals surface area contributed by atoms with Gasteiger partial charge in [-0.15, -0.1) is 0 Å². The van der Waals surface area contributed by atoms with Gasteiger partial charge in [-0.1, -0.05) is 0 Å². The normalized spacial score (nSPS) is 18.0. The predicted octanol–water partition coefficient (Wildman–Crippen LogP) is 1.42. The number of nitrogens with two attached hydrogens (primary N) is 1. The van der Waals surface area contributed by atoms with Crippen LogP contribution in [0.1, 0.15) is 30.1 Å². The molecule has 1 aromatic rings. The van der Waals surface area contributed by atoms with E-state index in [0.29, 0.717) is 24.5 Å². The molecule has 1 fully saturated rings. The maximum Gasteiger partial charge on any atom is 0.161 e. The molecule has 0 spiro atoms. The number of rotatable bonds is 4. The molecule has 0 bridgehead atoms. The van der Waals surface area contributed by atoms with E-state index >= 15 is 0 Å². The molecule has 1 saturated heterocycles. The zero-order valence-corrected chi connectivity index (χ0v) is 11.1. The van der Waals surface area contributed by atoms with Crippen molar-refractivity contribution in [2.45, 2.75) is 25.3 Å². The lowest BCUT2D eigenvalue weighted by Crippen LogP contribution is -2.46. The summed E-state index contributed by atoms with van der Waals surface area (Å²) in [6.45, 7) is 2.81. The number of carbonyl (C=O) groups is 1. The Morgan fingerprint density at radius 2 is 2.16 bits per heavy atom. The largest absolute Gasteiger partial charge is 0.398 e. The van der Waals surface area contributed by atoms with E-state index in [1.54, 1.807) is 12.1 Å². The van der Waals surface area contributed by atoms with Crippen LogP contribution in [0.3, 0.4) is 0 Å². The van der Waals surface area contributed by atoms with Crippen molar-refractivity contribution in [3.05, 3.63) is 23.8 Å². The predicted molar refractivity (Wildman–Crippen MR) is 74.4 cm³/mol. The summed E-state index contributed by atoms with van der Waals surface area (Å²) in [5, 5.41) is 12.9. The monoisotopic (exact) mass is 264 g/mol. The molecule has 5 nitrogen and oxygen atoms in total. The zero-order chi connectivity index (χ0) is 13.9. The maximum absolute atomic E-state index is 11.3. The molecule has 19 heavy (non-hydrogen) atoms. The summed E-state index contributed by atoms with van der Waals surface area (Å²) in [7, 11) is 0. The lowest BCUT2D eigenvalue weighted by molar-refractivity contribution is 0.0380. The summed E-state index contributed by atoms with van der Waals surface area (Å²) < 4.78 is 5.32. The smallest absolute Gasteiger partial charge is 0.161 e. The Morgan fingerprint density at radius 1 is 1.47 bits per heavy atom. The minimum atomic E-state index is -0.359. The highest BCUT2D eigenvalue weighted by atomic mass is 16.5. The molecule has 1 aromatic carbocycles. The van der Waals surface area contributed by atoms with Crippen LogP contribution in [-0.2, 0) is 4.74 Å². The van der Waals surface area contributed by atoms with E-state index in [1.165, 1.54) is 6.92 Å². The Bertz CT molecular complexity index is 468. The number of nitrogen functional groups attached to an aromatic ring is 1. The average molecular weight is 264 g/mol. The lowest BCUT2D eigenvalue weighted by atomic mass is 9.90. The molecule has 5 heteroatoms. The highest BCUT2D eigenvalue weighted by Gasteiger charge is 2.31. The van der Waals surface area contributed by atoms with Crippen molar-refractivity contribution in [2.24, 2.45) is 0 Å². The topological polar surface area (TPSA) is 84.6 Å². The first-order valence-electron chi connectivity index (χ1n) is 6.44. The van der Waals surface area contributed by atoms with E-state index in [1.807, 2.05) is 6.07 Å². The van der Waals surface area contributed by atoms with Crippen LogP contribution in [-0.4, -0.2) is 36.2 Å². The van der Waals surface area contributed by atoms with E-state index in [2.05, 4.69) is 5.32 Å². The SMILES string of the molecule is CC(=O)c1ccc(NC2(CO)CCOCC2)cc1N. The number of aliphatic hydroxyl groups excluding tert-OH is 1. The maximum atomic E-state index is 11.3. The molecule has 0 atom stereocenters. The second-order valence-corrected chi connectivity index (χ2v) is 5.03. The molecular formula is C14H20N2O3. The summed E-state index contributed by atoms with van der Waals surface area (Å²) in [4.78, 5) is 11.3. The molecule has 1 aliphatic heterocycles. The number of Topliss-reactive ketones (excluding diaryl/α,β-unsaturated/α-hetero) is 1. The Balaban J connectivity index is 2.18. The zero-order valence-electron chi connectivity index (χ0n) is 11.1. The molecule has 0 aliphatic carbocycles.